The Morgan fingerprint density at radius 1 is 0.326 bits per heavy atom. The van der Waals surface area contributed by atoms with Crippen molar-refractivity contribution in [1.29, 1.82) is 0 Å². The molecule has 254 valence electrons. The van der Waals surface area contributed by atoms with Gasteiger partial charge in [0.2, 0.25) is 9.81 Å². The largest absolute Gasteiger partial charge is 0.367 e. The van der Waals surface area contributed by atoms with E-state index in [4.69, 9.17) is 9.05 Å². The first-order valence-corrected chi connectivity index (χ1v) is 28.6. The summed E-state index contributed by atoms with van der Waals surface area (Å²) in [5, 5.41) is 0. The molecule has 0 heterocycles. The average Bonchev–Trinajstić information content (AvgIpc) is 2.93. The molecule has 46 heavy (non-hydrogen) atoms. The Morgan fingerprint density at radius 2 is 0.500 bits per heavy atom. The first kappa shape index (κ1) is 48.3. The molecule has 0 N–H and O–H groups in total. The Balaban J connectivity index is 2.45. The third-order valence-corrected chi connectivity index (χ3v) is 32.2. The molecular weight excluding hydrogens is 2010 g/mol. The van der Waals surface area contributed by atoms with E-state index in [9.17, 15) is 0 Å². The zero-order valence-corrected chi connectivity index (χ0v) is 54.3. The Morgan fingerprint density at radius 3 is 0.717 bits per heavy atom. The number of hydrogen-bond donors (Lipinski definition) is 0. The summed E-state index contributed by atoms with van der Waals surface area (Å²) in [4.78, 5) is 0. The second-order valence-corrected chi connectivity index (χ2v) is 33.3. The lowest BCUT2D eigenvalue weighted by Crippen LogP contribution is -2.27. The topological polar surface area (TPSA) is 35.5 Å². The molecule has 25 heteroatoms. The Kier molecular flexibility index (Phi) is 19.3. The summed E-state index contributed by atoms with van der Waals surface area (Å²) in [5.41, 5.74) is 1.35. The summed E-state index contributed by atoms with van der Waals surface area (Å²) in [6.45, 7) is 0. The highest BCUT2D eigenvalue weighted by atomic mass is 79.9. The summed E-state index contributed by atoms with van der Waals surface area (Å²) in [6, 6.07) is 0. The number of hydrogen-bond acceptors (Lipinski definition) is 3. The van der Waals surface area contributed by atoms with Gasteiger partial charge in [-0.05, 0) is 303 Å². The van der Waals surface area contributed by atoms with Crippen LogP contribution in [0.1, 0.15) is 16.7 Å². The molecule has 0 fully saturated rings. The summed E-state index contributed by atoms with van der Waals surface area (Å²) >= 11 is 76.2. The van der Waals surface area contributed by atoms with Gasteiger partial charge < -0.3 is 0 Å². The summed E-state index contributed by atoms with van der Waals surface area (Å²) < 4.78 is 33.4. The lowest BCUT2D eigenvalue weighted by molar-refractivity contribution is 0.162. The Labute approximate surface area is 440 Å². The molecule has 0 spiro atoms. The number of benzene rings is 3. The van der Waals surface area contributed by atoms with E-state index in [1.807, 2.05) is 0 Å². The summed E-state index contributed by atoms with van der Waals surface area (Å²) in [5.74, 6) is 0. The zero-order chi connectivity index (χ0) is 35.8. The van der Waals surface area contributed by atoms with Gasteiger partial charge in [0, 0.05) is 83.8 Å². The van der Waals surface area contributed by atoms with Gasteiger partial charge in [0.1, 0.15) is 0 Å². The third kappa shape index (κ3) is 9.51. The number of rotatable bonds is 8. The predicted molar refractivity (Wildman–Crippen MR) is 263 cm³/mol. The van der Waals surface area contributed by atoms with E-state index in [-0.39, 0.29) is 0 Å². The minimum atomic E-state index is -4.63. The van der Waals surface area contributed by atoms with Crippen LogP contribution in [0.3, 0.4) is 0 Å². The summed E-state index contributed by atoms with van der Waals surface area (Å²) in [7, 11) is -4.63. The van der Waals surface area contributed by atoms with Gasteiger partial charge in [-0.1, -0.05) is 31.9 Å². The number of alkyl halides is 6. The highest BCUT2D eigenvalue weighted by Gasteiger charge is 2.59. The van der Waals surface area contributed by atoms with E-state index in [0.29, 0.717) is 74.8 Å². The van der Waals surface area contributed by atoms with E-state index in [1.54, 1.807) is 0 Å². The Hall–Kier alpha value is 7.89. The van der Waals surface area contributed by atoms with E-state index >= 15 is 4.57 Å². The molecule has 0 aliphatic carbocycles. The predicted octanol–water partition coefficient (Wildman–Crippen LogP) is 21.5. The SMILES string of the molecule is O=P(OC(Br)(Br)c1c(Br)c(Br)c(Br)c(Br)c1Br)(OC(Br)(Br)c1c(Br)c(Br)c(Br)c(Br)c1Br)C(Br)(Br)c1c(Br)c(Br)c(Br)c(Br)c1Br. The van der Waals surface area contributed by atoms with Crippen LogP contribution in [0, 0.1) is 0 Å². The van der Waals surface area contributed by atoms with Gasteiger partial charge in [0.15, 0.2) is 0 Å². The average molecular weight is 2010 g/mol. The van der Waals surface area contributed by atoms with Gasteiger partial charge in [0.25, 0.3) is 0 Å². The van der Waals surface area contributed by atoms with Gasteiger partial charge >= 0.3 is 7.60 Å². The van der Waals surface area contributed by atoms with E-state index in [0.717, 1.165) is 8.95 Å². The van der Waals surface area contributed by atoms with Crippen LogP contribution in [0.5, 0.6) is 0 Å². The van der Waals surface area contributed by atoms with Crippen molar-refractivity contribution in [3.63, 3.8) is 0 Å². The molecular formula is C21Br21O3P. The maximum absolute atomic E-state index is 15.9. The molecule has 3 aromatic carbocycles. The van der Waals surface area contributed by atoms with Gasteiger partial charge in [-0.25, -0.2) is 0 Å². The maximum atomic E-state index is 15.9. The van der Waals surface area contributed by atoms with Crippen molar-refractivity contribution >= 4 is 342 Å². The lowest BCUT2D eigenvalue weighted by Gasteiger charge is -2.39. The minimum Gasteiger partial charge on any atom is -0.273 e. The molecule has 3 nitrogen and oxygen atoms in total. The van der Waals surface area contributed by atoms with Crippen molar-refractivity contribution < 1.29 is 13.6 Å². The quantitative estimate of drug-likeness (QED) is 0.0976. The molecule has 0 amide bonds. The standard InChI is InChI=1S/C21Br21O3P/c22-4-1(5(23)11(29)16(34)10(4)28)19(37,38)44-46(43,21(41,42)3-8(26)14(32)18(36)15(33)9(3)27)45-20(39,40)2-6(24)12(30)17(35)13(31)7(2)25. The fraction of sp³-hybridized carbons (Fsp3) is 0.143. The molecule has 3 rings (SSSR count). The molecule has 0 saturated carbocycles. The molecule has 3 aromatic rings. The lowest BCUT2D eigenvalue weighted by atomic mass is 10.2. The van der Waals surface area contributed by atoms with Gasteiger partial charge in [0.05, 0.1) is 0 Å². The molecule has 0 atom stereocenters. The van der Waals surface area contributed by atoms with Crippen LogP contribution in [0.25, 0.3) is 0 Å². The maximum Gasteiger partial charge on any atom is 0.367 e. The van der Waals surface area contributed by atoms with Gasteiger partial charge in [-0.15, -0.1) is 0 Å². The van der Waals surface area contributed by atoms with Gasteiger partial charge in [-0.3, -0.25) is 13.6 Å². The van der Waals surface area contributed by atoms with Crippen LogP contribution >= 0.6 is 342 Å². The van der Waals surface area contributed by atoms with Crippen molar-refractivity contribution in [2.24, 2.45) is 0 Å². The second-order valence-electron chi connectivity index (χ2n) is 8.09. The Bertz CT molecular complexity index is 1650. The van der Waals surface area contributed by atoms with Crippen LogP contribution in [-0.4, -0.2) is 0 Å². The van der Waals surface area contributed by atoms with E-state index < -0.39 is 17.4 Å². The normalized spacial score (nSPS) is 13.2. The van der Waals surface area contributed by atoms with Crippen LogP contribution in [0.4, 0.5) is 0 Å². The monoisotopic (exact) mass is 1990 g/mol. The molecule has 0 aliphatic heterocycles. The van der Waals surface area contributed by atoms with Crippen LogP contribution < -0.4 is 0 Å². The van der Waals surface area contributed by atoms with Crippen LogP contribution in [0.2, 0.25) is 0 Å². The molecule has 0 bridgehead atoms. The van der Waals surface area contributed by atoms with Gasteiger partial charge in [-0.2, -0.15) is 0 Å². The fourth-order valence-corrected chi connectivity index (χ4v) is 24.7. The number of halogens is 21. The van der Waals surface area contributed by atoms with E-state index in [2.05, 4.69) is 335 Å². The highest BCUT2D eigenvalue weighted by molar-refractivity contribution is 9.27. The third-order valence-electron chi connectivity index (χ3n) is 5.33. The zero-order valence-electron chi connectivity index (χ0n) is 20.1. The van der Waals surface area contributed by atoms with Crippen molar-refractivity contribution in [2.75, 3.05) is 0 Å². The van der Waals surface area contributed by atoms with Crippen molar-refractivity contribution in [3.8, 4) is 0 Å². The van der Waals surface area contributed by atoms with Crippen molar-refractivity contribution in [3.05, 3.63) is 83.8 Å². The van der Waals surface area contributed by atoms with Crippen molar-refractivity contribution in [1.82, 2.24) is 0 Å². The smallest absolute Gasteiger partial charge is 0.273 e. The van der Waals surface area contributed by atoms with Crippen LogP contribution in [0.15, 0.2) is 67.1 Å². The highest BCUT2D eigenvalue weighted by Crippen LogP contribution is 2.80. The fourth-order valence-electron chi connectivity index (χ4n) is 3.25. The molecule has 0 saturated heterocycles. The molecule has 0 radical (unpaired) electrons. The summed E-state index contributed by atoms with van der Waals surface area (Å²) in [6.07, 6.45) is 0. The van der Waals surface area contributed by atoms with Crippen LogP contribution in [-0.2, 0) is 23.4 Å². The molecule has 0 unspecified atom stereocenters. The first-order valence-electron chi connectivity index (χ1n) is 10.4. The minimum absolute atomic E-state index is 0.414. The molecule has 0 aliphatic rings. The van der Waals surface area contributed by atoms with Crippen molar-refractivity contribution in [2.45, 2.75) is 9.81 Å². The first-order chi connectivity index (χ1) is 20.7. The molecule has 0 aromatic heterocycles. The second kappa shape index (κ2) is 18.4. The van der Waals surface area contributed by atoms with E-state index in [1.165, 1.54) is 0 Å².